The lowest BCUT2D eigenvalue weighted by atomic mass is 9.99. The number of halogens is 1. The fraction of sp³-hybridized carbons (Fsp3) is 0.333. The van der Waals surface area contributed by atoms with Crippen molar-refractivity contribution >= 4 is 28.5 Å². The Morgan fingerprint density at radius 3 is 3.07 bits per heavy atom. The number of hydrogen-bond acceptors (Lipinski definition) is 4. The summed E-state index contributed by atoms with van der Waals surface area (Å²) in [6, 6.07) is 8.06. The van der Waals surface area contributed by atoms with Crippen molar-refractivity contribution in [3.8, 4) is 16.9 Å². The minimum atomic E-state index is -0.499. The number of carbonyl (C=O) groups excluding carboxylic acids is 1. The van der Waals surface area contributed by atoms with Gasteiger partial charge < -0.3 is 19.9 Å². The number of aromatic amines is 1. The van der Waals surface area contributed by atoms with Gasteiger partial charge in [0.2, 0.25) is 0 Å². The summed E-state index contributed by atoms with van der Waals surface area (Å²) >= 11 is 6.42. The van der Waals surface area contributed by atoms with Crippen LogP contribution in [0.1, 0.15) is 12.5 Å². The molecule has 2 N–H and O–H groups in total. The highest BCUT2D eigenvalue weighted by Crippen LogP contribution is 2.43. The molecule has 7 heteroatoms. The predicted octanol–water partition coefficient (Wildman–Crippen LogP) is 3.01. The fourth-order valence-electron chi connectivity index (χ4n) is 4.19. The summed E-state index contributed by atoms with van der Waals surface area (Å²) in [5, 5.41) is 5.01. The molecule has 0 aliphatic carbocycles. The molecule has 28 heavy (non-hydrogen) atoms. The monoisotopic (exact) mass is 396 g/mol. The van der Waals surface area contributed by atoms with Crippen LogP contribution in [0.25, 0.3) is 22.2 Å². The SMILES string of the molecule is C[C@H]1CN(C(=O)[C@@H]2Cc3cc(Cl)cc(-c4ccnc5[nH]ccc45)c3O2)CCN1. The zero-order valence-corrected chi connectivity index (χ0v) is 16.3. The molecule has 2 atom stereocenters. The van der Waals surface area contributed by atoms with Crippen LogP contribution in [0.3, 0.4) is 0 Å². The van der Waals surface area contributed by atoms with Crippen molar-refractivity contribution in [3.05, 3.63) is 47.2 Å². The minimum absolute atomic E-state index is 0.0492. The highest BCUT2D eigenvalue weighted by molar-refractivity contribution is 6.31. The molecule has 5 rings (SSSR count). The first-order valence-corrected chi connectivity index (χ1v) is 9.91. The van der Waals surface area contributed by atoms with Gasteiger partial charge in [0.1, 0.15) is 11.4 Å². The van der Waals surface area contributed by atoms with Gasteiger partial charge in [-0.05, 0) is 36.8 Å². The number of fused-ring (bicyclic) bond motifs is 2. The number of nitrogens with one attached hydrogen (secondary N) is 2. The van der Waals surface area contributed by atoms with Gasteiger partial charge in [-0.25, -0.2) is 4.98 Å². The normalized spacial score (nSPS) is 21.6. The van der Waals surface area contributed by atoms with Crippen molar-refractivity contribution in [2.45, 2.75) is 25.5 Å². The second kappa shape index (κ2) is 6.79. The third-order valence-electron chi connectivity index (χ3n) is 5.50. The molecule has 2 aliphatic rings. The number of hydrogen-bond donors (Lipinski definition) is 2. The standard InChI is InChI=1S/C21H21ClN4O2/c1-12-11-26(7-6-23-12)21(27)18-9-13-8-14(22)10-17(19(13)28-18)15-2-4-24-20-16(15)3-5-25-20/h2-5,8,10,12,18,23H,6-7,9,11H2,1H3,(H,24,25)/t12-,18-/m0/s1. The molecule has 4 heterocycles. The Morgan fingerprint density at radius 2 is 2.21 bits per heavy atom. The molecule has 0 unspecified atom stereocenters. The van der Waals surface area contributed by atoms with Gasteiger partial charge >= 0.3 is 0 Å². The lowest BCUT2D eigenvalue weighted by Gasteiger charge is -2.33. The van der Waals surface area contributed by atoms with E-state index in [1.54, 1.807) is 6.20 Å². The van der Waals surface area contributed by atoms with Gasteiger partial charge in [-0.1, -0.05) is 11.6 Å². The van der Waals surface area contributed by atoms with E-state index in [-0.39, 0.29) is 5.91 Å². The fourth-order valence-corrected chi connectivity index (χ4v) is 4.44. The van der Waals surface area contributed by atoms with Crippen molar-refractivity contribution < 1.29 is 9.53 Å². The summed E-state index contributed by atoms with van der Waals surface area (Å²) in [5.41, 5.74) is 3.68. The number of piperazine rings is 1. The number of nitrogens with zero attached hydrogens (tertiary/aromatic N) is 2. The second-order valence-corrected chi connectivity index (χ2v) is 7.93. The summed E-state index contributed by atoms with van der Waals surface area (Å²) in [6.07, 6.45) is 3.67. The molecule has 1 saturated heterocycles. The van der Waals surface area contributed by atoms with Crippen LogP contribution < -0.4 is 10.1 Å². The molecule has 2 aromatic heterocycles. The Hall–Kier alpha value is -2.57. The molecule has 144 valence electrons. The summed E-state index contributed by atoms with van der Waals surface area (Å²) < 4.78 is 6.22. The maximum Gasteiger partial charge on any atom is 0.264 e. The van der Waals surface area contributed by atoms with Crippen LogP contribution in [0.4, 0.5) is 0 Å². The molecular formula is C21H21ClN4O2. The summed E-state index contributed by atoms with van der Waals surface area (Å²) in [4.78, 5) is 22.4. The molecule has 1 amide bonds. The molecular weight excluding hydrogens is 376 g/mol. The largest absolute Gasteiger partial charge is 0.479 e. The van der Waals surface area contributed by atoms with E-state index in [1.807, 2.05) is 35.4 Å². The minimum Gasteiger partial charge on any atom is -0.479 e. The number of H-pyrrole nitrogens is 1. The van der Waals surface area contributed by atoms with Crippen LogP contribution >= 0.6 is 11.6 Å². The Morgan fingerprint density at radius 1 is 1.32 bits per heavy atom. The highest BCUT2D eigenvalue weighted by atomic mass is 35.5. The maximum atomic E-state index is 13.0. The first kappa shape index (κ1) is 17.5. The van der Waals surface area contributed by atoms with E-state index in [4.69, 9.17) is 16.3 Å². The number of carbonyl (C=O) groups is 1. The molecule has 1 aromatic carbocycles. The topological polar surface area (TPSA) is 70.2 Å². The molecule has 2 aliphatic heterocycles. The van der Waals surface area contributed by atoms with Gasteiger partial charge in [0.15, 0.2) is 6.10 Å². The number of amides is 1. The van der Waals surface area contributed by atoms with Crippen molar-refractivity contribution in [2.24, 2.45) is 0 Å². The van der Waals surface area contributed by atoms with Crippen molar-refractivity contribution in [2.75, 3.05) is 19.6 Å². The number of pyridine rings is 1. The molecule has 0 bridgehead atoms. The Balaban J connectivity index is 1.50. The third-order valence-corrected chi connectivity index (χ3v) is 5.72. The predicted molar refractivity (Wildman–Crippen MR) is 109 cm³/mol. The van der Waals surface area contributed by atoms with E-state index < -0.39 is 6.10 Å². The van der Waals surface area contributed by atoms with Crippen LogP contribution in [0.5, 0.6) is 5.75 Å². The summed E-state index contributed by atoms with van der Waals surface area (Å²) in [7, 11) is 0. The molecule has 3 aromatic rings. The van der Waals surface area contributed by atoms with Gasteiger partial charge in [0.25, 0.3) is 5.91 Å². The molecule has 0 saturated carbocycles. The smallest absolute Gasteiger partial charge is 0.264 e. The average molecular weight is 397 g/mol. The van der Waals surface area contributed by atoms with E-state index in [2.05, 4.69) is 22.2 Å². The van der Waals surface area contributed by atoms with E-state index in [0.717, 1.165) is 40.0 Å². The van der Waals surface area contributed by atoms with Crippen molar-refractivity contribution in [1.82, 2.24) is 20.2 Å². The molecule has 0 radical (unpaired) electrons. The highest BCUT2D eigenvalue weighted by Gasteiger charge is 2.35. The van der Waals surface area contributed by atoms with Crippen molar-refractivity contribution in [3.63, 3.8) is 0 Å². The summed E-state index contributed by atoms with van der Waals surface area (Å²) in [5.74, 6) is 0.799. The first-order valence-electron chi connectivity index (χ1n) is 9.54. The van der Waals surface area contributed by atoms with Crippen LogP contribution in [0.15, 0.2) is 36.7 Å². The van der Waals surface area contributed by atoms with Crippen LogP contribution in [0, 0.1) is 0 Å². The van der Waals surface area contributed by atoms with Gasteiger partial charge in [0.05, 0.1) is 0 Å². The number of benzene rings is 1. The van der Waals surface area contributed by atoms with E-state index in [0.29, 0.717) is 30.6 Å². The van der Waals surface area contributed by atoms with Gasteiger partial charge in [-0.3, -0.25) is 4.79 Å². The van der Waals surface area contributed by atoms with E-state index >= 15 is 0 Å². The number of ether oxygens (including phenoxy) is 1. The van der Waals surface area contributed by atoms with Gasteiger partial charge in [0, 0.05) is 66.0 Å². The van der Waals surface area contributed by atoms with Crippen molar-refractivity contribution in [1.29, 1.82) is 0 Å². The molecule has 6 nitrogen and oxygen atoms in total. The van der Waals surface area contributed by atoms with E-state index in [9.17, 15) is 4.79 Å². The quantitative estimate of drug-likeness (QED) is 0.698. The Kier molecular flexibility index (Phi) is 4.25. The molecule has 0 spiro atoms. The maximum absolute atomic E-state index is 13.0. The van der Waals surface area contributed by atoms with Crippen LogP contribution in [-0.4, -0.2) is 52.6 Å². The third kappa shape index (κ3) is 2.93. The Labute approximate surface area is 167 Å². The number of aromatic nitrogens is 2. The van der Waals surface area contributed by atoms with E-state index in [1.165, 1.54) is 0 Å². The lowest BCUT2D eigenvalue weighted by molar-refractivity contribution is -0.139. The zero-order valence-electron chi connectivity index (χ0n) is 15.5. The second-order valence-electron chi connectivity index (χ2n) is 7.49. The lowest BCUT2D eigenvalue weighted by Crippen LogP contribution is -2.54. The van der Waals surface area contributed by atoms with Crippen LogP contribution in [0.2, 0.25) is 5.02 Å². The van der Waals surface area contributed by atoms with Gasteiger partial charge in [-0.15, -0.1) is 0 Å². The zero-order chi connectivity index (χ0) is 19.3. The van der Waals surface area contributed by atoms with Gasteiger partial charge in [-0.2, -0.15) is 0 Å². The van der Waals surface area contributed by atoms with Crippen LogP contribution in [-0.2, 0) is 11.2 Å². The Bertz CT molecular complexity index is 1060. The summed E-state index contributed by atoms with van der Waals surface area (Å²) in [6.45, 7) is 4.32. The molecule has 1 fully saturated rings. The first-order chi connectivity index (χ1) is 13.6. The number of rotatable bonds is 2. The average Bonchev–Trinajstić information content (AvgIpc) is 3.33.